The molecule has 0 saturated heterocycles. The van der Waals surface area contributed by atoms with Crippen LogP contribution in [-0.2, 0) is 30.4 Å². The summed E-state index contributed by atoms with van der Waals surface area (Å²) >= 11 is 0. The molecule has 2 aromatic heterocycles. The van der Waals surface area contributed by atoms with Gasteiger partial charge in [-0.2, -0.15) is 13.2 Å². The predicted molar refractivity (Wildman–Crippen MR) is 105 cm³/mol. The maximum Gasteiger partial charge on any atom is 0.449 e. The van der Waals surface area contributed by atoms with Crippen LogP contribution in [0.4, 0.5) is 13.2 Å². The third-order valence-corrected chi connectivity index (χ3v) is 4.76. The summed E-state index contributed by atoms with van der Waals surface area (Å²) in [5.74, 6) is -1.51. The zero-order valence-electron chi connectivity index (χ0n) is 15.8. The number of aromatic amines is 1. The number of nitrogens with one attached hydrogen (secondary N) is 1. The lowest BCUT2D eigenvalue weighted by Crippen LogP contribution is -2.18. The number of aromatic nitrogens is 4. The van der Waals surface area contributed by atoms with Crippen molar-refractivity contribution in [1.29, 1.82) is 0 Å². The van der Waals surface area contributed by atoms with Crippen molar-refractivity contribution in [1.82, 2.24) is 19.5 Å². The highest BCUT2D eigenvalue weighted by Crippen LogP contribution is 2.29. The molecule has 0 fully saturated rings. The van der Waals surface area contributed by atoms with Crippen LogP contribution in [0.2, 0.25) is 0 Å². The summed E-state index contributed by atoms with van der Waals surface area (Å²) in [5, 5.41) is 0. The Morgan fingerprint density at radius 3 is 2.57 bits per heavy atom. The Hall–Kier alpha value is -3.62. The molecule has 0 atom stereocenters. The summed E-state index contributed by atoms with van der Waals surface area (Å²) in [6.45, 7) is 0.334. The van der Waals surface area contributed by atoms with Crippen LogP contribution in [0.25, 0.3) is 11.0 Å². The van der Waals surface area contributed by atoms with Gasteiger partial charge in [0, 0.05) is 13.0 Å². The average Bonchev–Trinajstić information content (AvgIpc) is 3.27. The molecule has 30 heavy (non-hydrogen) atoms. The summed E-state index contributed by atoms with van der Waals surface area (Å²) in [5.41, 5.74) is 9.17. The molecule has 9 heteroatoms. The minimum atomic E-state index is -4.54. The second-order valence-corrected chi connectivity index (χ2v) is 7.01. The van der Waals surface area contributed by atoms with Gasteiger partial charge in [0.05, 0.1) is 35.2 Å². The van der Waals surface area contributed by atoms with E-state index in [0.717, 1.165) is 16.8 Å². The van der Waals surface area contributed by atoms with Crippen LogP contribution in [0, 0.1) is 0 Å². The summed E-state index contributed by atoms with van der Waals surface area (Å²) in [6.07, 6.45) is -2.35. The molecule has 6 nitrogen and oxygen atoms in total. The van der Waals surface area contributed by atoms with E-state index < -0.39 is 17.9 Å². The topological polar surface area (TPSA) is 89.6 Å². The number of H-pyrrole nitrogens is 1. The lowest BCUT2D eigenvalue weighted by Gasteiger charge is -2.09. The zero-order valence-corrected chi connectivity index (χ0v) is 15.8. The highest BCUT2D eigenvalue weighted by Gasteiger charge is 2.34. The Morgan fingerprint density at radius 1 is 1.10 bits per heavy atom. The standard InChI is InChI=1S/C21H18F3N5O/c22-21(23,24)20-27-15-7-6-14(9-16(15)28-20)11-29-12-26-17(18(29)10-19(25)30)8-13-4-2-1-3-5-13/h1-7,9,12H,8,10-11H2,(H2,25,30)(H,27,28). The average molecular weight is 413 g/mol. The summed E-state index contributed by atoms with van der Waals surface area (Å²) in [6, 6.07) is 14.6. The molecule has 0 radical (unpaired) electrons. The second kappa shape index (κ2) is 7.66. The fourth-order valence-corrected chi connectivity index (χ4v) is 3.38. The summed E-state index contributed by atoms with van der Waals surface area (Å²) in [4.78, 5) is 21.9. The van der Waals surface area contributed by atoms with Crippen LogP contribution in [0.3, 0.4) is 0 Å². The van der Waals surface area contributed by atoms with Gasteiger partial charge in [-0.1, -0.05) is 36.4 Å². The molecule has 0 aliphatic rings. The minimum absolute atomic E-state index is 0.0205. The van der Waals surface area contributed by atoms with Crippen LogP contribution in [0.5, 0.6) is 0 Å². The van der Waals surface area contributed by atoms with Crippen molar-refractivity contribution < 1.29 is 18.0 Å². The molecule has 154 valence electrons. The van der Waals surface area contributed by atoms with Crippen molar-refractivity contribution in [3.63, 3.8) is 0 Å². The largest absolute Gasteiger partial charge is 0.449 e. The van der Waals surface area contributed by atoms with Crippen molar-refractivity contribution in [3.05, 3.63) is 83.2 Å². The Bertz CT molecular complexity index is 1190. The number of benzene rings is 2. The molecule has 2 heterocycles. The van der Waals surface area contributed by atoms with Crippen molar-refractivity contribution in [2.75, 3.05) is 0 Å². The smallest absolute Gasteiger partial charge is 0.369 e. The van der Waals surface area contributed by atoms with Gasteiger partial charge < -0.3 is 15.3 Å². The monoisotopic (exact) mass is 413 g/mol. The van der Waals surface area contributed by atoms with E-state index in [1.807, 2.05) is 30.3 Å². The van der Waals surface area contributed by atoms with Gasteiger partial charge in [-0.15, -0.1) is 0 Å². The molecule has 1 amide bonds. The molecule has 0 unspecified atom stereocenters. The molecular weight excluding hydrogens is 395 g/mol. The first-order chi connectivity index (χ1) is 14.3. The number of fused-ring (bicyclic) bond motifs is 1. The van der Waals surface area contributed by atoms with Gasteiger partial charge in [-0.25, -0.2) is 9.97 Å². The van der Waals surface area contributed by atoms with E-state index in [0.29, 0.717) is 24.2 Å². The third kappa shape index (κ3) is 4.19. The van der Waals surface area contributed by atoms with Crippen LogP contribution in [0.15, 0.2) is 54.9 Å². The number of primary amides is 1. The quantitative estimate of drug-likeness (QED) is 0.507. The zero-order chi connectivity index (χ0) is 21.3. The Kier molecular flexibility index (Phi) is 5.03. The van der Waals surface area contributed by atoms with E-state index in [4.69, 9.17) is 5.73 Å². The van der Waals surface area contributed by atoms with Crippen molar-refractivity contribution in [2.45, 2.75) is 25.6 Å². The Labute approximate surface area is 169 Å². The highest BCUT2D eigenvalue weighted by molar-refractivity contribution is 5.77. The van der Waals surface area contributed by atoms with Gasteiger partial charge in [0.25, 0.3) is 0 Å². The Balaban J connectivity index is 1.64. The number of rotatable bonds is 6. The fraction of sp³-hybridized carbons (Fsp3) is 0.190. The van der Waals surface area contributed by atoms with E-state index >= 15 is 0 Å². The number of amides is 1. The minimum Gasteiger partial charge on any atom is -0.369 e. The molecule has 0 saturated carbocycles. The molecule has 4 aromatic rings. The molecule has 0 bridgehead atoms. The number of nitrogens with two attached hydrogens (primary N) is 1. The molecule has 3 N–H and O–H groups in total. The number of imidazole rings is 2. The van der Waals surface area contributed by atoms with Gasteiger partial charge in [-0.3, -0.25) is 4.79 Å². The highest BCUT2D eigenvalue weighted by atomic mass is 19.4. The number of alkyl halides is 3. The first-order valence-electron chi connectivity index (χ1n) is 9.20. The maximum absolute atomic E-state index is 12.9. The maximum atomic E-state index is 12.9. The third-order valence-electron chi connectivity index (χ3n) is 4.76. The fourth-order valence-electron chi connectivity index (χ4n) is 3.38. The van der Waals surface area contributed by atoms with Gasteiger partial charge in [-0.05, 0) is 23.3 Å². The van der Waals surface area contributed by atoms with E-state index in [1.54, 1.807) is 23.0 Å². The molecule has 0 aliphatic carbocycles. The molecule has 2 aromatic carbocycles. The van der Waals surface area contributed by atoms with Crippen LogP contribution in [-0.4, -0.2) is 25.4 Å². The van der Waals surface area contributed by atoms with Crippen LogP contribution < -0.4 is 5.73 Å². The first kappa shape index (κ1) is 19.7. The first-order valence-corrected chi connectivity index (χ1v) is 9.20. The van der Waals surface area contributed by atoms with E-state index in [-0.39, 0.29) is 11.9 Å². The van der Waals surface area contributed by atoms with Crippen molar-refractivity contribution in [2.24, 2.45) is 5.73 Å². The van der Waals surface area contributed by atoms with Gasteiger partial charge in [0.1, 0.15) is 0 Å². The van der Waals surface area contributed by atoms with E-state index in [1.165, 1.54) is 6.07 Å². The molecule has 0 aliphatic heterocycles. The number of nitrogens with zero attached hydrogens (tertiary/aromatic N) is 3. The molecule has 0 spiro atoms. The van der Waals surface area contributed by atoms with Crippen molar-refractivity contribution >= 4 is 16.9 Å². The van der Waals surface area contributed by atoms with Gasteiger partial charge in [0.2, 0.25) is 11.7 Å². The van der Waals surface area contributed by atoms with Crippen LogP contribution in [0.1, 0.15) is 28.3 Å². The van der Waals surface area contributed by atoms with Crippen molar-refractivity contribution in [3.8, 4) is 0 Å². The lowest BCUT2D eigenvalue weighted by molar-refractivity contribution is -0.144. The van der Waals surface area contributed by atoms with Gasteiger partial charge in [0.15, 0.2) is 0 Å². The van der Waals surface area contributed by atoms with Crippen LogP contribution >= 0.6 is 0 Å². The summed E-state index contributed by atoms with van der Waals surface area (Å²) < 4.78 is 40.4. The number of halogens is 3. The lowest BCUT2D eigenvalue weighted by atomic mass is 10.1. The van der Waals surface area contributed by atoms with Gasteiger partial charge >= 0.3 is 6.18 Å². The Morgan fingerprint density at radius 2 is 1.87 bits per heavy atom. The number of carbonyl (C=O) groups excluding carboxylic acids is 1. The van der Waals surface area contributed by atoms with E-state index in [9.17, 15) is 18.0 Å². The normalized spacial score (nSPS) is 11.8. The predicted octanol–water partition coefficient (Wildman–Crippen LogP) is 3.45. The summed E-state index contributed by atoms with van der Waals surface area (Å²) in [7, 11) is 0. The SMILES string of the molecule is NC(=O)Cc1c(Cc2ccccc2)ncn1Cc1ccc2nc(C(F)(F)F)[nH]c2c1. The number of hydrogen-bond donors (Lipinski definition) is 2. The molecular formula is C21H18F3N5O. The number of hydrogen-bond acceptors (Lipinski definition) is 3. The second-order valence-electron chi connectivity index (χ2n) is 7.01. The van der Waals surface area contributed by atoms with E-state index in [2.05, 4.69) is 15.0 Å². The molecule has 4 rings (SSSR count). The number of carbonyl (C=O) groups is 1.